The predicted octanol–water partition coefficient (Wildman–Crippen LogP) is 2.94. The van der Waals surface area contributed by atoms with Crippen molar-refractivity contribution in [2.24, 2.45) is 0 Å². The molecule has 1 aromatic rings. The molecule has 0 unspecified atom stereocenters. The Bertz CT molecular complexity index is 336. The van der Waals surface area contributed by atoms with Crippen molar-refractivity contribution < 1.29 is 13.2 Å². The molecule has 0 aromatic carbocycles. The number of alkyl halides is 3. The third-order valence-corrected chi connectivity index (χ3v) is 2.63. The molecule has 1 aliphatic carbocycles. The highest BCUT2D eigenvalue weighted by Gasteiger charge is 2.35. The van der Waals surface area contributed by atoms with Crippen molar-refractivity contribution in [3.05, 3.63) is 17.5 Å². The Morgan fingerprint density at radius 3 is 2.43 bits per heavy atom. The van der Waals surface area contributed by atoms with Gasteiger partial charge >= 0.3 is 6.18 Å². The van der Waals surface area contributed by atoms with Crippen molar-refractivity contribution in [2.75, 3.05) is 0 Å². The Kier molecular flexibility index (Phi) is 2.05. The number of hydrogen-bond acceptors (Lipinski definition) is 1. The van der Waals surface area contributed by atoms with Gasteiger partial charge in [-0.25, -0.2) is 0 Å². The van der Waals surface area contributed by atoms with Gasteiger partial charge in [0.15, 0.2) is 5.69 Å². The summed E-state index contributed by atoms with van der Waals surface area (Å²) < 4.78 is 38.4. The molecule has 0 atom stereocenters. The summed E-state index contributed by atoms with van der Waals surface area (Å²) in [5, 5.41) is 3.59. The summed E-state index contributed by atoms with van der Waals surface area (Å²) in [5.41, 5.74) is -0.177. The summed E-state index contributed by atoms with van der Waals surface area (Å²) in [6.45, 7) is 1.67. The average molecular weight is 204 g/mol. The van der Waals surface area contributed by atoms with Crippen LogP contribution in [0.4, 0.5) is 13.2 Å². The molecule has 0 amide bonds. The highest BCUT2D eigenvalue weighted by atomic mass is 19.4. The van der Waals surface area contributed by atoms with Crippen LogP contribution in [0.5, 0.6) is 0 Å². The highest BCUT2D eigenvalue weighted by molar-refractivity contribution is 5.13. The molecule has 0 N–H and O–H groups in total. The van der Waals surface area contributed by atoms with Gasteiger partial charge in [-0.05, 0) is 32.3 Å². The van der Waals surface area contributed by atoms with E-state index >= 15 is 0 Å². The van der Waals surface area contributed by atoms with Crippen LogP contribution in [0.1, 0.15) is 36.7 Å². The van der Waals surface area contributed by atoms with Crippen LogP contribution in [0.15, 0.2) is 6.07 Å². The minimum absolute atomic E-state index is 0.186. The van der Waals surface area contributed by atoms with Gasteiger partial charge in [0.05, 0.1) is 6.04 Å². The summed E-state index contributed by atoms with van der Waals surface area (Å²) in [4.78, 5) is 0. The Balaban J connectivity index is 2.29. The van der Waals surface area contributed by atoms with Gasteiger partial charge in [-0.2, -0.15) is 18.3 Å². The lowest BCUT2D eigenvalue weighted by atomic mass is 9.93. The summed E-state index contributed by atoms with van der Waals surface area (Å²) in [5.74, 6) is 0. The molecule has 1 aromatic heterocycles. The van der Waals surface area contributed by atoms with Crippen LogP contribution in [-0.2, 0) is 6.18 Å². The minimum atomic E-state index is -4.32. The molecule has 1 heterocycles. The normalized spacial score (nSPS) is 18.3. The van der Waals surface area contributed by atoms with E-state index < -0.39 is 11.9 Å². The second-order valence-electron chi connectivity index (χ2n) is 3.70. The molecule has 0 aliphatic heterocycles. The van der Waals surface area contributed by atoms with Gasteiger partial charge in [-0.3, -0.25) is 4.68 Å². The smallest absolute Gasteiger partial charge is 0.266 e. The molecule has 14 heavy (non-hydrogen) atoms. The predicted molar refractivity (Wildman–Crippen MR) is 44.9 cm³/mol. The first-order valence-electron chi connectivity index (χ1n) is 4.62. The first-order valence-corrected chi connectivity index (χ1v) is 4.62. The topological polar surface area (TPSA) is 17.8 Å². The number of halogens is 3. The zero-order valence-corrected chi connectivity index (χ0v) is 7.80. The van der Waals surface area contributed by atoms with Crippen molar-refractivity contribution in [1.82, 2.24) is 9.78 Å². The monoisotopic (exact) mass is 204 g/mol. The molecule has 2 nitrogen and oxygen atoms in total. The molecule has 2 rings (SSSR count). The Labute approximate surface area is 79.7 Å². The van der Waals surface area contributed by atoms with E-state index in [-0.39, 0.29) is 6.04 Å². The van der Waals surface area contributed by atoms with E-state index in [1.807, 2.05) is 0 Å². The lowest BCUT2D eigenvalue weighted by Crippen LogP contribution is -2.20. The number of aryl methyl sites for hydroxylation is 1. The molecular formula is C9H11F3N2. The van der Waals surface area contributed by atoms with Crippen LogP contribution in [0, 0.1) is 6.92 Å². The maximum atomic E-state index is 12.3. The maximum Gasteiger partial charge on any atom is 0.435 e. The molecule has 0 spiro atoms. The SMILES string of the molecule is Cc1cc(C(F)(F)F)nn1C1CCC1. The molecule has 1 aliphatic rings. The zero-order valence-electron chi connectivity index (χ0n) is 7.80. The van der Waals surface area contributed by atoms with Crippen molar-refractivity contribution in [3.63, 3.8) is 0 Å². The van der Waals surface area contributed by atoms with Crippen molar-refractivity contribution in [1.29, 1.82) is 0 Å². The molecule has 1 fully saturated rings. The average Bonchev–Trinajstić information content (AvgIpc) is 2.28. The maximum absolute atomic E-state index is 12.3. The molecule has 1 saturated carbocycles. The van der Waals surface area contributed by atoms with E-state index in [1.165, 1.54) is 4.68 Å². The molecule has 78 valence electrons. The Hall–Kier alpha value is -1.00. The third-order valence-electron chi connectivity index (χ3n) is 2.63. The zero-order chi connectivity index (χ0) is 10.3. The first-order chi connectivity index (χ1) is 6.48. The van der Waals surface area contributed by atoms with Gasteiger partial charge in [0.1, 0.15) is 0 Å². The minimum Gasteiger partial charge on any atom is -0.266 e. The summed E-state index contributed by atoms with van der Waals surface area (Å²) in [6, 6.07) is 1.30. The Morgan fingerprint density at radius 1 is 1.43 bits per heavy atom. The van der Waals surface area contributed by atoms with Gasteiger partial charge < -0.3 is 0 Å². The fourth-order valence-corrected chi connectivity index (χ4v) is 1.63. The lowest BCUT2D eigenvalue weighted by molar-refractivity contribution is -0.141. The van der Waals surface area contributed by atoms with Crippen LogP contribution in [0.3, 0.4) is 0 Å². The summed E-state index contributed by atoms with van der Waals surface area (Å²) in [7, 11) is 0. The van der Waals surface area contributed by atoms with E-state index in [0.717, 1.165) is 25.3 Å². The summed E-state index contributed by atoms with van der Waals surface area (Å²) >= 11 is 0. The molecule has 0 bridgehead atoms. The van der Waals surface area contributed by atoms with Gasteiger partial charge in [0, 0.05) is 5.69 Å². The quantitative estimate of drug-likeness (QED) is 0.687. The number of aromatic nitrogens is 2. The number of nitrogens with zero attached hydrogens (tertiary/aromatic N) is 2. The third kappa shape index (κ3) is 1.51. The van der Waals surface area contributed by atoms with Crippen LogP contribution >= 0.6 is 0 Å². The van der Waals surface area contributed by atoms with Crippen LogP contribution in [0.2, 0.25) is 0 Å². The van der Waals surface area contributed by atoms with Crippen molar-refractivity contribution in [3.8, 4) is 0 Å². The van der Waals surface area contributed by atoms with Gasteiger partial charge in [-0.15, -0.1) is 0 Å². The van der Waals surface area contributed by atoms with Gasteiger partial charge in [0.2, 0.25) is 0 Å². The van der Waals surface area contributed by atoms with Crippen LogP contribution < -0.4 is 0 Å². The van der Waals surface area contributed by atoms with E-state index in [1.54, 1.807) is 6.92 Å². The van der Waals surface area contributed by atoms with Gasteiger partial charge in [0.25, 0.3) is 0 Å². The van der Waals surface area contributed by atoms with Crippen molar-refractivity contribution >= 4 is 0 Å². The molecule has 0 radical (unpaired) electrons. The molecular weight excluding hydrogens is 193 g/mol. The van der Waals surface area contributed by atoms with Gasteiger partial charge in [-0.1, -0.05) is 0 Å². The highest BCUT2D eigenvalue weighted by Crippen LogP contribution is 2.35. The van der Waals surface area contributed by atoms with E-state index in [9.17, 15) is 13.2 Å². The first kappa shape index (κ1) is 9.55. The molecule has 5 heteroatoms. The Morgan fingerprint density at radius 2 is 2.07 bits per heavy atom. The summed E-state index contributed by atoms with van der Waals surface area (Å²) in [6.07, 6.45) is -1.34. The van der Waals surface area contributed by atoms with Crippen LogP contribution in [-0.4, -0.2) is 9.78 Å². The largest absolute Gasteiger partial charge is 0.435 e. The van der Waals surface area contributed by atoms with Crippen LogP contribution in [0.25, 0.3) is 0 Å². The van der Waals surface area contributed by atoms with E-state index in [0.29, 0.717) is 5.69 Å². The fourth-order valence-electron chi connectivity index (χ4n) is 1.63. The van der Waals surface area contributed by atoms with Crippen molar-refractivity contribution in [2.45, 2.75) is 38.4 Å². The van der Waals surface area contributed by atoms with E-state index in [4.69, 9.17) is 0 Å². The number of rotatable bonds is 1. The van der Waals surface area contributed by atoms with E-state index in [2.05, 4.69) is 5.10 Å². The number of hydrogen-bond donors (Lipinski definition) is 0. The standard InChI is InChI=1S/C9H11F3N2/c1-6-5-8(9(10,11)12)13-14(6)7-3-2-4-7/h5,7H,2-4H2,1H3. The lowest BCUT2D eigenvalue weighted by Gasteiger charge is -2.26. The molecule has 0 saturated heterocycles. The second kappa shape index (κ2) is 3.00. The fraction of sp³-hybridized carbons (Fsp3) is 0.667. The second-order valence-corrected chi connectivity index (χ2v) is 3.70.